The van der Waals surface area contributed by atoms with Crippen molar-refractivity contribution in [1.82, 2.24) is 5.32 Å². The summed E-state index contributed by atoms with van der Waals surface area (Å²) in [5, 5.41) is 5.74. The van der Waals surface area contributed by atoms with E-state index < -0.39 is 0 Å². The summed E-state index contributed by atoms with van der Waals surface area (Å²) in [6.45, 7) is 3.40. The minimum atomic E-state index is -0.0929. The third-order valence-corrected chi connectivity index (χ3v) is 4.13. The Morgan fingerprint density at radius 1 is 1.21 bits per heavy atom. The lowest BCUT2D eigenvalue weighted by Crippen LogP contribution is -2.46. The highest BCUT2D eigenvalue weighted by atomic mass is 16.2. The molecule has 0 unspecified atom stereocenters. The molecule has 0 radical (unpaired) electrons. The van der Waals surface area contributed by atoms with Gasteiger partial charge in [-0.1, -0.05) is 30.3 Å². The fourth-order valence-corrected chi connectivity index (χ4v) is 2.81. The predicted octanol–water partition coefficient (Wildman–Crippen LogP) is 3.10. The quantitative estimate of drug-likeness (QED) is 0.908. The normalized spacial score (nSPS) is 14.2. The number of urea groups is 1. The molecule has 1 heterocycles. The molecule has 2 aromatic rings. The van der Waals surface area contributed by atoms with Gasteiger partial charge in [-0.05, 0) is 42.7 Å². The molecule has 1 fully saturated rings. The highest BCUT2D eigenvalue weighted by Gasteiger charge is 2.19. The number of carbonyl (C=O) groups excluding carboxylic acids is 2. The fourth-order valence-electron chi connectivity index (χ4n) is 2.81. The number of rotatable bonds is 4. The van der Waals surface area contributed by atoms with Crippen molar-refractivity contribution in [2.24, 2.45) is 0 Å². The first kappa shape index (κ1) is 16.1. The zero-order valence-electron chi connectivity index (χ0n) is 13.7. The number of aryl methyl sites for hydroxylation is 1. The standard InChI is InChI=1S/C19H21N3O2/c1-14-6-2-3-7-15(14)12-18(23)21-16-8-4-9-17(13-16)22-11-5-10-20-19(22)24/h2-4,6-9,13H,5,10-12H2,1H3,(H,20,24)(H,21,23). The van der Waals surface area contributed by atoms with E-state index in [1.165, 1.54) is 0 Å². The second-order valence-electron chi connectivity index (χ2n) is 5.94. The van der Waals surface area contributed by atoms with Crippen molar-refractivity contribution >= 4 is 23.3 Å². The van der Waals surface area contributed by atoms with Gasteiger partial charge in [0.05, 0.1) is 6.42 Å². The van der Waals surface area contributed by atoms with Gasteiger partial charge in [-0.3, -0.25) is 9.69 Å². The number of amides is 3. The van der Waals surface area contributed by atoms with Crippen LogP contribution in [0.25, 0.3) is 0 Å². The highest BCUT2D eigenvalue weighted by molar-refractivity contribution is 5.95. The van der Waals surface area contributed by atoms with Crippen molar-refractivity contribution < 1.29 is 9.59 Å². The molecule has 3 rings (SSSR count). The van der Waals surface area contributed by atoms with Gasteiger partial charge in [0.1, 0.15) is 0 Å². The van der Waals surface area contributed by atoms with Crippen LogP contribution in [-0.4, -0.2) is 25.0 Å². The number of nitrogens with zero attached hydrogens (tertiary/aromatic N) is 1. The molecule has 0 bridgehead atoms. The van der Waals surface area contributed by atoms with E-state index in [-0.39, 0.29) is 11.9 Å². The second kappa shape index (κ2) is 7.17. The predicted molar refractivity (Wildman–Crippen MR) is 95.3 cm³/mol. The Hall–Kier alpha value is -2.82. The number of hydrogen-bond donors (Lipinski definition) is 2. The summed E-state index contributed by atoms with van der Waals surface area (Å²) in [5.74, 6) is -0.0652. The van der Waals surface area contributed by atoms with Gasteiger partial charge in [0.15, 0.2) is 0 Å². The van der Waals surface area contributed by atoms with E-state index >= 15 is 0 Å². The van der Waals surface area contributed by atoms with Gasteiger partial charge >= 0.3 is 6.03 Å². The smallest absolute Gasteiger partial charge is 0.321 e. The third kappa shape index (κ3) is 3.74. The summed E-state index contributed by atoms with van der Waals surface area (Å²) in [6, 6.07) is 15.2. The van der Waals surface area contributed by atoms with Crippen LogP contribution in [0.1, 0.15) is 17.5 Å². The SMILES string of the molecule is Cc1ccccc1CC(=O)Nc1cccc(N2CCCNC2=O)c1. The maximum atomic E-state index is 12.3. The second-order valence-corrected chi connectivity index (χ2v) is 5.94. The minimum Gasteiger partial charge on any atom is -0.338 e. The van der Waals surface area contributed by atoms with E-state index in [0.717, 1.165) is 23.2 Å². The summed E-state index contributed by atoms with van der Waals surface area (Å²) in [6.07, 6.45) is 1.25. The average Bonchev–Trinajstić information content (AvgIpc) is 2.57. The van der Waals surface area contributed by atoms with Crippen LogP contribution < -0.4 is 15.5 Å². The lowest BCUT2D eigenvalue weighted by atomic mass is 10.1. The maximum absolute atomic E-state index is 12.3. The Morgan fingerprint density at radius 2 is 2.04 bits per heavy atom. The molecule has 1 aliphatic heterocycles. The van der Waals surface area contributed by atoms with Crippen molar-refractivity contribution in [1.29, 1.82) is 0 Å². The summed E-state index contributed by atoms with van der Waals surface area (Å²) < 4.78 is 0. The van der Waals surface area contributed by atoms with Gasteiger partial charge in [-0.25, -0.2) is 4.79 Å². The van der Waals surface area contributed by atoms with Crippen molar-refractivity contribution in [3.8, 4) is 0 Å². The molecule has 2 aromatic carbocycles. The van der Waals surface area contributed by atoms with Gasteiger partial charge in [-0.2, -0.15) is 0 Å². The fraction of sp³-hybridized carbons (Fsp3) is 0.263. The van der Waals surface area contributed by atoms with Gasteiger partial charge < -0.3 is 10.6 Å². The Kier molecular flexibility index (Phi) is 4.79. The van der Waals surface area contributed by atoms with E-state index in [1.54, 1.807) is 4.90 Å². The van der Waals surface area contributed by atoms with E-state index in [1.807, 2.05) is 55.5 Å². The van der Waals surface area contributed by atoms with Crippen LogP contribution in [0, 0.1) is 6.92 Å². The number of hydrogen-bond acceptors (Lipinski definition) is 2. The molecule has 124 valence electrons. The largest absolute Gasteiger partial charge is 0.338 e. The van der Waals surface area contributed by atoms with Crippen LogP contribution in [0.4, 0.5) is 16.2 Å². The topological polar surface area (TPSA) is 61.4 Å². The van der Waals surface area contributed by atoms with Crippen molar-refractivity contribution in [3.05, 3.63) is 59.7 Å². The van der Waals surface area contributed by atoms with Crippen LogP contribution in [0.15, 0.2) is 48.5 Å². The van der Waals surface area contributed by atoms with E-state index in [2.05, 4.69) is 10.6 Å². The number of nitrogens with one attached hydrogen (secondary N) is 2. The van der Waals surface area contributed by atoms with Crippen LogP contribution >= 0.6 is 0 Å². The first-order valence-electron chi connectivity index (χ1n) is 8.13. The third-order valence-electron chi connectivity index (χ3n) is 4.13. The monoisotopic (exact) mass is 323 g/mol. The van der Waals surface area contributed by atoms with Crippen LogP contribution in [0.5, 0.6) is 0 Å². The molecule has 1 saturated heterocycles. The molecular formula is C19H21N3O2. The Balaban J connectivity index is 1.69. The summed E-state index contributed by atoms with van der Waals surface area (Å²) in [7, 11) is 0. The van der Waals surface area contributed by atoms with Gasteiger partial charge in [0, 0.05) is 24.5 Å². The molecule has 3 amide bonds. The summed E-state index contributed by atoms with van der Waals surface area (Å²) >= 11 is 0. The summed E-state index contributed by atoms with van der Waals surface area (Å²) in [5.41, 5.74) is 3.61. The van der Waals surface area contributed by atoms with Crippen molar-refractivity contribution in [3.63, 3.8) is 0 Å². The van der Waals surface area contributed by atoms with Gasteiger partial charge in [0.2, 0.25) is 5.91 Å². The average molecular weight is 323 g/mol. The molecule has 5 heteroatoms. The van der Waals surface area contributed by atoms with Crippen LogP contribution in [-0.2, 0) is 11.2 Å². The zero-order chi connectivity index (χ0) is 16.9. The van der Waals surface area contributed by atoms with E-state index in [9.17, 15) is 9.59 Å². The minimum absolute atomic E-state index is 0.0652. The van der Waals surface area contributed by atoms with E-state index in [0.29, 0.717) is 25.2 Å². The maximum Gasteiger partial charge on any atom is 0.321 e. The molecular weight excluding hydrogens is 302 g/mol. The first-order valence-corrected chi connectivity index (χ1v) is 8.13. The van der Waals surface area contributed by atoms with Crippen molar-refractivity contribution in [2.45, 2.75) is 19.8 Å². The number of anilines is 2. The van der Waals surface area contributed by atoms with Gasteiger partial charge in [0.25, 0.3) is 0 Å². The number of benzene rings is 2. The molecule has 0 atom stereocenters. The molecule has 0 spiro atoms. The Bertz CT molecular complexity index is 758. The summed E-state index contributed by atoms with van der Waals surface area (Å²) in [4.78, 5) is 25.9. The Labute approximate surface area is 141 Å². The van der Waals surface area contributed by atoms with Crippen LogP contribution in [0.2, 0.25) is 0 Å². The van der Waals surface area contributed by atoms with E-state index in [4.69, 9.17) is 0 Å². The van der Waals surface area contributed by atoms with Crippen LogP contribution in [0.3, 0.4) is 0 Å². The lowest BCUT2D eigenvalue weighted by Gasteiger charge is -2.27. The lowest BCUT2D eigenvalue weighted by molar-refractivity contribution is -0.115. The van der Waals surface area contributed by atoms with Gasteiger partial charge in [-0.15, -0.1) is 0 Å². The molecule has 1 aliphatic rings. The molecule has 24 heavy (non-hydrogen) atoms. The zero-order valence-corrected chi connectivity index (χ0v) is 13.7. The highest BCUT2D eigenvalue weighted by Crippen LogP contribution is 2.21. The van der Waals surface area contributed by atoms with Crippen molar-refractivity contribution in [2.75, 3.05) is 23.3 Å². The first-order chi connectivity index (χ1) is 11.6. The molecule has 0 aromatic heterocycles. The molecule has 0 saturated carbocycles. The number of carbonyl (C=O) groups is 2. The molecule has 2 N–H and O–H groups in total. The molecule has 0 aliphatic carbocycles. The molecule has 5 nitrogen and oxygen atoms in total. The Morgan fingerprint density at radius 3 is 2.83 bits per heavy atom.